The van der Waals surface area contributed by atoms with E-state index >= 15 is 0 Å². The Kier molecular flexibility index (Phi) is 6.93. The third-order valence-electron chi connectivity index (χ3n) is 3.61. The van der Waals surface area contributed by atoms with Crippen LogP contribution in [0.25, 0.3) is 0 Å². The molecule has 0 fully saturated rings. The summed E-state index contributed by atoms with van der Waals surface area (Å²) in [6, 6.07) is 8.23. The molecule has 0 bridgehead atoms. The molecular weight excluding hydrogens is 352 g/mol. The van der Waals surface area contributed by atoms with Crippen LogP contribution in [0.3, 0.4) is 0 Å². The average Bonchev–Trinajstić information content (AvgIpc) is 2.62. The maximum atomic E-state index is 12.5. The van der Waals surface area contributed by atoms with Gasteiger partial charge in [0.15, 0.2) is 0 Å². The molecule has 1 aromatic heterocycles. The van der Waals surface area contributed by atoms with E-state index in [1.165, 1.54) is 0 Å². The van der Waals surface area contributed by atoms with Crippen molar-refractivity contribution in [3.63, 3.8) is 0 Å². The SMILES string of the molecule is CC(C)CC(NC(=O)OCc1ccccc1)C(=O)Nc1c[nH]c(=O)[nH]c1=O. The number of hydrogen-bond acceptors (Lipinski definition) is 5. The summed E-state index contributed by atoms with van der Waals surface area (Å²) in [7, 11) is 0. The quantitative estimate of drug-likeness (QED) is 0.580. The van der Waals surface area contributed by atoms with Gasteiger partial charge in [-0.25, -0.2) is 9.59 Å². The Morgan fingerprint density at radius 3 is 2.48 bits per heavy atom. The van der Waals surface area contributed by atoms with E-state index in [9.17, 15) is 19.2 Å². The summed E-state index contributed by atoms with van der Waals surface area (Å²) in [5.74, 6) is -0.484. The fourth-order valence-electron chi connectivity index (χ4n) is 2.33. The van der Waals surface area contributed by atoms with Crippen LogP contribution in [0.1, 0.15) is 25.8 Å². The Balaban J connectivity index is 2.00. The molecule has 0 radical (unpaired) electrons. The highest BCUT2D eigenvalue weighted by Crippen LogP contribution is 2.08. The van der Waals surface area contributed by atoms with Crippen molar-refractivity contribution in [1.82, 2.24) is 15.3 Å². The number of nitrogens with one attached hydrogen (secondary N) is 4. The molecule has 9 nitrogen and oxygen atoms in total. The van der Waals surface area contributed by atoms with Gasteiger partial charge in [-0.2, -0.15) is 0 Å². The average molecular weight is 374 g/mol. The van der Waals surface area contributed by atoms with Crippen LogP contribution < -0.4 is 21.9 Å². The van der Waals surface area contributed by atoms with Gasteiger partial charge in [-0.3, -0.25) is 14.6 Å². The van der Waals surface area contributed by atoms with Crippen molar-refractivity contribution in [2.45, 2.75) is 32.9 Å². The Morgan fingerprint density at radius 2 is 1.85 bits per heavy atom. The van der Waals surface area contributed by atoms with Crippen molar-refractivity contribution < 1.29 is 14.3 Å². The molecule has 1 unspecified atom stereocenters. The van der Waals surface area contributed by atoms with E-state index in [2.05, 4.69) is 15.6 Å². The molecule has 2 aromatic rings. The van der Waals surface area contributed by atoms with E-state index in [4.69, 9.17) is 4.74 Å². The van der Waals surface area contributed by atoms with Crippen molar-refractivity contribution in [2.75, 3.05) is 5.32 Å². The van der Waals surface area contributed by atoms with Gasteiger partial charge in [-0.1, -0.05) is 44.2 Å². The van der Waals surface area contributed by atoms with Crippen molar-refractivity contribution in [2.24, 2.45) is 5.92 Å². The van der Waals surface area contributed by atoms with Crippen molar-refractivity contribution in [3.05, 3.63) is 62.9 Å². The van der Waals surface area contributed by atoms with Gasteiger partial charge < -0.3 is 20.4 Å². The van der Waals surface area contributed by atoms with E-state index in [-0.39, 0.29) is 18.2 Å². The van der Waals surface area contributed by atoms with Crippen LogP contribution in [0.5, 0.6) is 0 Å². The third-order valence-corrected chi connectivity index (χ3v) is 3.61. The van der Waals surface area contributed by atoms with Crippen LogP contribution in [-0.2, 0) is 16.1 Å². The minimum Gasteiger partial charge on any atom is -0.445 e. The topological polar surface area (TPSA) is 133 Å². The molecular formula is C18H22N4O5. The zero-order valence-corrected chi connectivity index (χ0v) is 15.1. The van der Waals surface area contributed by atoms with Gasteiger partial charge in [0.1, 0.15) is 18.3 Å². The maximum Gasteiger partial charge on any atom is 0.408 e. The first-order valence-electron chi connectivity index (χ1n) is 8.45. The molecule has 144 valence electrons. The van der Waals surface area contributed by atoms with E-state index in [0.717, 1.165) is 11.8 Å². The molecule has 2 rings (SSSR count). The molecule has 0 aliphatic rings. The molecule has 0 aliphatic heterocycles. The molecule has 9 heteroatoms. The zero-order chi connectivity index (χ0) is 19.8. The van der Waals surface area contributed by atoms with E-state index in [0.29, 0.717) is 6.42 Å². The summed E-state index contributed by atoms with van der Waals surface area (Å²) in [6.45, 7) is 3.86. The highest BCUT2D eigenvalue weighted by atomic mass is 16.5. The summed E-state index contributed by atoms with van der Waals surface area (Å²) >= 11 is 0. The summed E-state index contributed by atoms with van der Waals surface area (Å²) in [4.78, 5) is 51.5. The fraction of sp³-hybridized carbons (Fsp3) is 0.333. The van der Waals surface area contributed by atoms with Gasteiger partial charge in [-0.15, -0.1) is 0 Å². The van der Waals surface area contributed by atoms with Crippen molar-refractivity contribution in [3.8, 4) is 0 Å². The third kappa shape index (κ3) is 6.46. The second-order valence-corrected chi connectivity index (χ2v) is 6.36. The number of alkyl carbamates (subject to hydrolysis) is 1. The van der Waals surface area contributed by atoms with Gasteiger partial charge in [0.25, 0.3) is 5.56 Å². The minimum atomic E-state index is -0.903. The summed E-state index contributed by atoms with van der Waals surface area (Å²) < 4.78 is 5.13. The fourth-order valence-corrected chi connectivity index (χ4v) is 2.33. The smallest absolute Gasteiger partial charge is 0.408 e. The second-order valence-electron chi connectivity index (χ2n) is 6.36. The number of aromatic amines is 2. The van der Waals surface area contributed by atoms with Crippen molar-refractivity contribution >= 4 is 17.7 Å². The molecule has 27 heavy (non-hydrogen) atoms. The molecule has 1 aromatic carbocycles. The van der Waals surface area contributed by atoms with Gasteiger partial charge in [-0.05, 0) is 17.9 Å². The monoisotopic (exact) mass is 374 g/mol. The first-order chi connectivity index (χ1) is 12.8. The second kappa shape index (κ2) is 9.37. The Morgan fingerprint density at radius 1 is 1.15 bits per heavy atom. The number of benzene rings is 1. The molecule has 1 atom stereocenters. The molecule has 0 saturated carbocycles. The van der Waals surface area contributed by atoms with Gasteiger partial charge >= 0.3 is 11.8 Å². The number of aromatic nitrogens is 2. The number of carbonyl (C=O) groups is 2. The summed E-state index contributed by atoms with van der Waals surface area (Å²) in [6.07, 6.45) is 0.697. The number of hydrogen-bond donors (Lipinski definition) is 4. The zero-order valence-electron chi connectivity index (χ0n) is 15.1. The molecule has 4 N–H and O–H groups in total. The van der Waals surface area contributed by atoms with Crippen LogP contribution in [0, 0.1) is 5.92 Å². The predicted octanol–water partition coefficient (Wildman–Crippen LogP) is 1.34. The highest BCUT2D eigenvalue weighted by Gasteiger charge is 2.23. The van der Waals surface area contributed by atoms with E-state index in [1.54, 1.807) is 0 Å². The number of carbonyl (C=O) groups excluding carboxylic acids is 2. The number of amides is 2. The van der Waals surface area contributed by atoms with Crippen LogP contribution >= 0.6 is 0 Å². The lowest BCUT2D eigenvalue weighted by Gasteiger charge is -2.19. The van der Waals surface area contributed by atoms with Crippen LogP contribution in [0.15, 0.2) is 46.1 Å². The standard InChI is InChI=1S/C18H22N4O5/c1-11(2)8-13(15(23)20-14-9-19-17(25)22-16(14)24)21-18(26)27-10-12-6-4-3-5-7-12/h3-7,9,11,13H,8,10H2,1-2H3,(H,20,23)(H,21,26)(H2,19,22,24,25). The van der Waals surface area contributed by atoms with Gasteiger partial charge in [0.05, 0.1) is 0 Å². The molecule has 0 spiro atoms. The lowest BCUT2D eigenvalue weighted by molar-refractivity contribution is -0.118. The maximum absolute atomic E-state index is 12.5. The number of rotatable bonds is 7. The van der Waals surface area contributed by atoms with Crippen LogP contribution in [0.4, 0.5) is 10.5 Å². The Hall–Kier alpha value is -3.36. The predicted molar refractivity (Wildman–Crippen MR) is 99.3 cm³/mol. The van der Waals surface area contributed by atoms with Gasteiger partial charge in [0, 0.05) is 6.20 Å². The first-order valence-corrected chi connectivity index (χ1v) is 8.45. The lowest BCUT2D eigenvalue weighted by Crippen LogP contribution is -2.45. The molecule has 1 heterocycles. The first kappa shape index (κ1) is 20.0. The van der Waals surface area contributed by atoms with Crippen LogP contribution in [-0.4, -0.2) is 28.0 Å². The Bertz CT molecular complexity index is 888. The van der Waals surface area contributed by atoms with Gasteiger partial charge in [0.2, 0.25) is 5.91 Å². The molecule has 0 aliphatic carbocycles. The minimum absolute atomic E-state index is 0.0717. The number of anilines is 1. The molecule has 2 amide bonds. The number of H-pyrrole nitrogens is 2. The van der Waals surface area contributed by atoms with Crippen LogP contribution in [0.2, 0.25) is 0 Å². The molecule has 0 saturated heterocycles. The van der Waals surface area contributed by atoms with E-state index in [1.807, 2.05) is 49.2 Å². The highest BCUT2D eigenvalue weighted by molar-refractivity contribution is 5.96. The summed E-state index contributed by atoms with van der Waals surface area (Å²) in [5, 5.41) is 4.91. The van der Waals surface area contributed by atoms with E-state index < -0.39 is 29.3 Å². The summed E-state index contributed by atoms with van der Waals surface area (Å²) in [5.41, 5.74) is -0.716. The lowest BCUT2D eigenvalue weighted by atomic mass is 10.0. The van der Waals surface area contributed by atoms with Crippen molar-refractivity contribution in [1.29, 1.82) is 0 Å². The largest absolute Gasteiger partial charge is 0.445 e. The normalized spacial score (nSPS) is 11.7. The number of ether oxygens (including phenoxy) is 1. The Labute approximate surface area is 155 Å².